The molecule has 62 heavy (non-hydrogen) atoms. The number of anilines is 2. The van der Waals surface area contributed by atoms with Gasteiger partial charge in [0.15, 0.2) is 0 Å². The van der Waals surface area contributed by atoms with Crippen LogP contribution in [-0.4, -0.2) is 66.4 Å². The van der Waals surface area contributed by atoms with Crippen LogP contribution in [0, 0.1) is 37.6 Å². The van der Waals surface area contributed by atoms with Gasteiger partial charge >= 0.3 is 0 Å². The van der Waals surface area contributed by atoms with E-state index in [9.17, 15) is 0 Å². The van der Waals surface area contributed by atoms with Gasteiger partial charge in [-0.2, -0.15) is 72.1 Å². The standard InChI is InChI=1S/C44H28B2N10S4.2Pt/c1-51-13-15-55(23-51)27-5-7-33-29(19-27)45-31-17-25(41-47-9-11-53(41)3)21-49-43(31)59-39-35(45)37(57-33)38-36-40(39)60-44-32(18-26(22-50-44)42-48-10-12-54(42)4)46(36)30-20-28(6-8-34(30)58-38)56-16-14-52(2)24-56;;/h5-16,21-24H,1-4H3;;/q-6;;. The Morgan fingerprint density at radius 3 is 1.34 bits per heavy atom. The van der Waals surface area contributed by atoms with E-state index in [4.69, 9.17) is 19.9 Å². The van der Waals surface area contributed by atoms with Crippen LogP contribution in [0.5, 0.6) is 0 Å². The Bertz CT molecular complexity index is 2880. The summed E-state index contributed by atoms with van der Waals surface area (Å²) in [7, 11) is 8.12. The summed E-state index contributed by atoms with van der Waals surface area (Å²) < 4.78 is 4.06. The Morgan fingerprint density at radius 2 is 0.952 bits per heavy atom. The molecule has 6 aliphatic rings. The van der Waals surface area contributed by atoms with E-state index < -0.39 is 0 Å². The van der Waals surface area contributed by atoms with Crippen LogP contribution in [0.15, 0.2) is 126 Å². The summed E-state index contributed by atoms with van der Waals surface area (Å²) in [6.45, 7) is 3.85. The maximum Gasteiger partial charge on any atom is 0.204 e. The minimum atomic E-state index is -0.155. The number of rotatable bonds is 4. The van der Waals surface area contributed by atoms with Crippen molar-refractivity contribution in [3.63, 3.8) is 0 Å². The minimum absolute atomic E-state index is 0. The van der Waals surface area contributed by atoms with Crippen LogP contribution < -0.4 is 42.6 Å². The Labute approximate surface area is 406 Å². The van der Waals surface area contributed by atoms with Gasteiger partial charge in [0.05, 0.1) is 11.6 Å². The van der Waals surface area contributed by atoms with Crippen LogP contribution in [0.3, 0.4) is 0 Å². The number of nitrogens with zero attached hydrogens (tertiary/aromatic N) is 10. The fraction of sp³-hybridized carbons (Fsp3) is 0.0909. The van der Waals surface area contributed by atoms with Gasteiger partial charge in [-0.15, -0.1) is 79.9 Å². The first-order valence-electron chi connectivity index (χ1n) is 19.3. The monoisotopic (exact) mass is 1240 g/mol. The molecule has 18 heteroatoms. The summed E-state index contributed by atoms with van der Waals surface area (Å²) in [4.78, 5) is 35.6. The Kier molecular flexibility index (Phi) is 10.1. The fourth-order valence-corrected chi connectivity index (χ4v) is 14.0. The largest absolute Gasteiger partial charge is 0.510 e. The van der Waals surface area contributed by atoms with Crippen molar-refractivity contribution in [2.45, 2.75) is 39.4 Å². The van der Waals surface area contributed by atoms with Crippen molar-refractivity contribution in [3.05, 3.63) is 124 Å². The molecule has 0 saturated heterocycles. The summed E-state index contributed by atoms with van der Waals surface area (Å²) in [5, 5.41) is 1.89. The van der Waals surface area contributed by atoms with Gasteiger partial charge in [0.25, 0.3) is 0 Å². The predicted octanol–water partition coefficient (Wildman–Crippen LogP) is 4.05. The first-order valence-corrected chi connectivity index (χ1v) is 22.6. The minimum Gasteiger partial charge on any atom is -0.510 e. The second kappa shape index (κ2) is 15.3. The predicted molar refractivity (Wildman–Crippen MR) is 241 cm³/mol. The topological polar surface area (TPSA) is 74.4 Å². The average Bonchev–Trinajstić information content (AvgIpc) is 4.10. The number of hydrogen-bond donors (Lipinski definition) is 0. The molecule has 0 radical (unpaired) electrons. The Hall–Kier alpha value is -4.03. The molecule has 0 bridgehead atoms. The van der Waals surface area contributed by atoms with E-state index in [2.05, 4.69) is 106 Å². The molecule has 0 atom stereocenters. The van der Waals surface area contributed by atoms with E-state index in [1.807, 2.05) is 98.0 Å². The first kappa shape index (κ1) is 40.7. The number of aromatic nitrogens is 6. The van der Waals surface area contributed by atoms with Crippen LogP contribution >= 0.6 is 47.0 Å². The van der Waals surface area contributed by atoms with Gasteiger partial charge in [-0.25, -0.2) is 0 Å². The molecule has 7 aromatic rings. The molecule has 4 aromatic heterocycles. The second-order valence-electron chi connectivity index (χ2n) is 15.4. The zero-order valence-electron chi connectivity index (χ0n) is 33.1. The fourth-order valence-electron chi connectivity index (χ4n) is 8.85. The van der Waals surface area contributed by atoms with E-state index in [1.165, 1.54) is 40.3 Å². The van der Waals surface area contributed by atoms with Crippen molar-refractivity contribution in [3.8, 4) is 22.8 Å². The zero-order chi connectivity index (χ0) is 40.0. The molecule has 0 fully saturated rings. The number of benzene rings is 3. The number of pyridine rings is 2. The molecule has 10 nitrogen and oxygen atoms in total. The van der Waals surface area contributed by atoms with Crippen LogP contribution in [0.25, 0.3) is 22.8 Å². The van der Waals surface area contributed by atoms with Crippen molar-refractivity contribution in [1.82, 2.24) is 38.9 Å². The van der Waals surface area contributed by atoms with Crippen molar-refractivity contribution >= 4 is 105 Å². The van der Waals surface area contributed by atoms with Crippen molar-refractivity contribution in [2.75, 3.05) is 23.9 Å². The molecular formula is C44H28B2N10Pt2S4-6. The van der Waals surface area contributed by atoms with E-state index in [0.29, 0.717) is 0 Å². The molecule has 6 aliphatic heterocycles. The molecule has 0 unspecified atom stereocenters. The molecule has 0 N–H and O–H groups in total. The van der Waals surface area contributed by atoms with E-state index in [1.54, 1.807) is 23.5 Å². The van der Waals surface area contributed by atoms with Crippen LogP contribution in [0.2, 0.25) is 0 Å². The van der Waals surface area contributed by atoms with Crippen LogP contribution in [0.4, 0.5) is 11.4 Å². The molecule has 0 saturated carbocycles. The molecule has 0 aliphatic carbocycles. The van der Waals surface area contributed by atoms with Crippen molar-refractivity contribution in [2.24, 2.45) is 14.1 Å². The third kappa shape index (κ3) is 6.14. The number of imidazole rings is 2. The number of hydrogen-bond acceptors (Lipinski definition) is 12. The SMILES string of the molecule is CN1C=CN(c2[c-]c3c(cc2)Sc2c4c5c(c6c2B3c2[c-]c(-c3nccn3C)cnc2S6)Sc2ncc(-c3nccn3C)[c-]c2B5c2[c-]c(N3C=CN(C)[CH-]3)ccc2S4)[CH-]1.[Pt].[Pt]. The maximum absolute atomic E-state index is 5.22. The molecule has 13 rings (SSSR count). The van der Waals surface area contributed by atoms with Gasteiger partial charge in [-0.1, -0.05) is 23.5 Å². The normalized spacial score (nSPS) is 15.7. The van der Waals surface area contributed by atoms with E-state index in [-0.39, 0.29) is 55.6 Å². The van der Waals surface area contributed by atoms with Gasteiger partial charge in [0, 0.05) is 111 Å². The van der Waals surface area contributed by atoms with Crippen LogP contribution in [0.1, 0.15) is 0 Å². The molecule has 0 spiro atoms. The molecular weight excluding hydrogens is 1210 g/mol. The van der Waals surface area contributed by atoms with Gasteiger partial charge in [-0.05, 0) is 49.8 Å². The van der Waals surface area contributed by atoms with E-state index in [0.717, 1.165) is 66.1 Å². The molecule has 10 heterocycles. The van der Waals surface area contributed by atoms with E-state index >= 15 is 0 Å². The third-order valence-corrected chi connectivity index (χ3v) is 16.6. The van der Waals surface area contributed by atoms with Crippen molar-refractivity contribution < 1.29 is 42.1 Å². The number of aryl methyl sites for hydroxylation is 2. The van der Waals surface area contributed by atoms with Gasteiger partial charge in [0.1, 0.15) is 0 Å². The second-order valence-corrected chi connectivity index (χ2v) is 19.5. The summed E-state index contributed by atoms with van der Waals surface area (Å²) in [6, 6.07) is 24.5. The summed E-state index contributed by atoms with van der Waals surface area (Å²) in [6.07, 6.45) is 19.7. The van der Waals surface area contributed by atoms with Crippen molar-refractivity contribution in [1.29, 1.82) is 0 Å². The summed E-state index contributed by atoms with van der Waals surface area (Å²) in [5.74, 6) is 1.67. The van der Waals surface area contributed by atoms with Gasteiger partial charge in [0.2, 0.25) is 13.4 Å². The quantitative estimate of drug-likeness (QED) is 0.189. The van der Waals surface area contributed by atoms with Gasteiger partial charge in [-0.3, -0.25) is 9.97 Å². The van der Waals surface area contributed by atoms with Gasteiger partial charge < -0.3 is 38.7 Å². The molecule has 0 amide bonds. The maximum atomic E-state index is 5.22. The smallest absolute Gasteiger partial charge is 0.204 e. The summed E-state index contributed by atoms with van der Waals surface area (Å²) in [5.41, 5.74) is 10.7. The average molecular weight is 1240 g/mol. The third-order valence-electron chi connectivity index (χ3n) is 11.6. The molecule has 3 aromatic carbocycles. The first-order chi connectivity index (χ1) is 29.3. The summed E-state index contributed by atoms with van der Waals surface area (Å²) >= 11 is 7.24. The van der Waals surface area contributed by atoms with Crippen LogP contribution in [-0.2, 0) is 56.2 Å². The zero-order valence-corrected chi connectivity index (χ0v) is 40.9. The molecule has 310 valence electrons. The Balaban J connectivity index is 0.00000216. The Morgan fingerprint density at radius 1 is 0.516 bits per heavy atom. The number of fused-ring (bicyclic) bond motifs is 10.